The van der Waals surface area contributed by atoms with Crippen LogP contribution in [0.5, 0.6) is 0 Å². The minimum atomic E-state index is -0.574. The summed E-state index contributed by atoms with van der Waals surface area (Å²) in [6.45, 7) is 13.1. The van der Waals surface area contributed by atoms with Gasteiger partial charge in [-0.2, -0.15) is 0 Å². The predicted molar refractivity (Wildman–Crippen MR) is 152 cm³/mol. The van der Waals surface area contributed by atoms with Crippen molar-refractivity contribution in [2.45, 2.75) is 90.9 Å². The van der Waals surface area contributed by atoms with Crippen molar-refractivity contribution in [1.29, 1.82) is 0 Å². The van der Waals surface area contributed by atoms with E-state index in [1.54, 1.807) is 19.5 Å². The van der Waals surface area contributed by atoms with Crippen LogP contribution in [-0.2, 0) is 27.1 Å². The molecule has 2 aromatic heterocycles. The SMILES string of the molecule is CO[C@H](C)CN(CCCCc1ccc2c(n1)NCCC2)CC[C@H](Nc1ncc(C)cn1)C(=O)OC(C)(C)C. The Balaban J connectivity index is 1.57. The van der Waals surface area contributed by atoms with Gasteiger partial charge in [0.15, 0.2) is 0 Å². The van der Waals surface area contributed by atoms with E-state index in [4.69, 9.17) is 14.5 Å². The maximum Gasteiger partial charge on any atom is 0.329 e. The highest BCUT2D eigenvalue weighted by Crippen LogP contribution is 2.20. The number of hydrogen-bond acceptors (Lipinski definition) is 9. The molecule has 1 aliphatic rings. The van der Waals surface area contributed by atoms with Gasteiger partial charge in [-0.3, -0.25) is 0 Å². The Labute approximate surface area is 228 Å². The van der Waals surface area contributed by atoms with Crippen molar-refractivity contribution in [2.24, 2.45) is 0 Å². The molecule has 0 spiro atoms. The Morgan fingerprint density at radius 2 is 1.95 bits per heavy atom. The van der Waals surface area contributed by atoms with Crippen LogP contribution in [0.1, 0.15) is 70.2 Å². The van der Waals surface area contributed by atoms with E-state index in [2.05, 4.69) is 44.6 Å². The van der Waals surface area contributed by atoms with Crippen molar-refractivity contribution < 1.29 is 14.3 Å². The summed E-state index contributed by atoms with van der Waals surface area (Å²) >= 11 is 0. The first kappa shape index (κ1) is 29.8. The fraction of sp³-hybridized carbons (Fsp3) is 0.655. The number of ether oxygens (including phenoxy) is 2. The molecule has 2 atom stereocenters. The number of rotatable bonds is 14. The van der Waals surface area contributed by atoms with E-state index in [0.29, 0.717) is 12.4 Å². The third-order valence-electron chi connectivity index (χ3n) is 6.54. The van der Waals surface area contributed by atoms with Gasteiger partial charge in [-0.15, -0.1) is 0 Å². The van der Waals surface area contributed by atoms with Gasteiger partial charge in [0.1, 0.15) is 17.5 Å². The minimum absolute atomic E-state index is 0.0942. The summed E-state index contributed by atoms with van der Waals surface area (Å²) in [5.41, 5.74) is 2.85. The lowest BCUT2D eigenvalue weighted by Crippen LogP contribution is -2.41. The number of pyridine rings is 1. The van der Waals surface area contributed by atoms with Gasteiger partial charge in [0, 0.05) is 44.8 Å². The first-order valence-electron chi connectivity index (χ1n) is 13.9. The smallest absolute Gasteiger partial charge is 0.329 e. The molecule has 0 saturated carbocycles. The Kier molecular flexibility index (Phi) is 11.3. The van der Waals surface area contributed by atoms with E-state index in [-0.39, 0.29) is 12.1 Å². The van der Waals surface area contributed by atoms with Crippen LogP contribution in [0.15, 0.2) is 24.5 Å². The summed E-state index contributed by atoms with van der Waals surface area (Å²) in [6, 6.07) is 3.84. The zero-order valence-corrected chi connectivity index (χ0v) is 24.0. The first-order valence-corrected chi connectivity index (χ1v) is 13.9. The largest absolute Gasteiger partial charge is 0.458 e. The van der Waals surface area contributed by atoms with Gasteiger partial charge < -0.3 is 25.0 Å². The summed E-state index contributed by atoms with van der Waals surface area (Å²) in [4.78, 5) is 28.9. The van der Waals surface area contributed by atoms with Crippen LogP contribution >= 0.6 is 0 Å². The average Bonchev–Trinajstić information content (AvgIpc) is 2.88. The van der Waals surface area contributed by atoms with Crippen LogP contribution < -0.4 is 10.6 Å². The van der Waals surface area contributed by atoms with E-state index in [0.717, 1.165) is 68.9 Å². The molecule has 0 aromatic carbocycles. The van der Waals surface area contributed by atoms with Crippen LogP contribution in [0.25, 0.3) is 0 Å². The Morgan fingerprint density at radius 3 is 2.66 bits per heavy atom. The molecule has 0 amide bonds. The highest BCUT2D eigenvalue weighted by Gasteiger charge is 2.26. The quantitative estimate of drug-likeness (QED) is 0.274. The summed E-state index contributed by atoms with van der Waals surface area (Å²) in [6.07, 6.45) is 9.46. The number of aromatic nitrogens is 3. The standard InChI is InChI=1S/C29H46N6O3/c1-21-18-31-28(32-19-21)34-25(27(36)38-29(3,4)5)14-17-35(20-22(2)37-6)16-8-7-11-24-13-12-23-10-9-15-30-26(23)33-24/h12-13,18-19,22,25H,7-11,14-17,20H2,1-6H3,(H,30,33)(H,31,32,34)/t22-,25+/m1/s1. The monoisotopic (exact) mass is 526 g/mol. The third-order valence-corrected chi connectivity index (χ3v) is 6.54. The highest BCUT2D eigenvalue weighted by atomic mass is 16.6. The van der Waals surface area contributed by atoms with E-state index >= 15 is 0 Å². The van der Waals surface area contributed by atoms with Gasteiger partial charge >= 0.3 is 5.97 Å². The van der Waals surface area contributed by atoms with Crippen molar-refractivity contribution in [1.82, 2.24) is 19.9 Å². The van der Waals surface area contributed by atoms with Crippen molar-refractivity contribution in [3.63, 3.8) is 0 Å². The molecule has 9 heteroatoms. The molecule has 0 aliphatic carbocycles. The molecule has 1 aliphatic heterocycles. The number of anilines is 2. The van der Waals surface area contributed by atoms with Gasteiger partial charge in [-0.05, 0) is 96.9 Å². The molecule has 3 heterocycles. The third kappa shape index (κ3) is 10.2. The van der Waals surface area contributed by atoms with Crippen LogP contribution in [0.4, 0.5) is 11.8 Å². The van der Waals surface area contributed by atoms with Crippen molar-refractivity contribution in [3.05, 3.63) is 41.3 Å². The average molecular weight is 527 g/mol. The number of methoxy groups -OCH3 is 1. The van der Waals surface area contributed by atoms with Crippen LogP contribution in [0, 0.1) is 6.92 Å². The molecule has 0 saturated heterocycles. The zero-order valence-electron chi connectivity index (χ0n) is 24.0. The lowest BCUT2D eigenvalue weighted by atomic mass is 10.1. The molecule has 0 unspecified atom stereocenters. The molecule has 3 rings (SSSR count). The van der Waals surface area contributed by atoms with Gasteiger partial charge in [0.05, 0.1) is 6.10 Å². The number of hydrogen-bond donors (Lipinski definition) is 2. The lowest BCUT2D eigenvalue weighted by molar-refractivity contribution is -0.156. The summed E-state index contributed by atoms with van der Waals surface area (Å²) < 4.78 is 11.3. The van der Waals surface area contributed by atoms with E-state index in [1.165, 1.54) is 12.0 Å². The number of nitrogens with one attached hydrogen (secondary N) is 2. The second kappa shape index (κ2) is 14.4. The Hall–Kier alpha value is -2.78. The fourth-order valence-electron chi connectivity index (χ4n) is 4.44. The molecule has 0 radical (unpaired) electrons. The molecule has 0 fully saturated rings. The fourth-order valence-corrected chi connectivity index (χ4v) is 4.44. The number of unbranched alkanes of at least 4 members (excludes halogenated alkanes) is 1. The summed E-state index contributed by atoms with van der Waals surface area (Å²) in [5, 5.41) is 6.62. The lowest BCUT2D eigenvalue weighted by Gasteiger charge is -2.28. The summed E-state index contributed by atoms with van der Waals surface area (Å²) in [5.74, 6) is 1.19. The van der Waals surface area contributed by atoms with Gasteiger partial charge in [0.2, 0.25) is 5.95 Å². The maximum absolute atomic E-state index is 13.0. The number of aryl methyl sites for hydroxylation is 3. The molecule has 210 valence electrons. The predicted octanol–water partition coefficient (Wildman–Crippen LogP) is 4.41. The van der Waals surface area contributed by atoms with E-state index in [9.17, 15) is 4.79 Å². The van der Waals surface area contributed by atoms with Crippen LogP contribution in [-0.4, -0.2) is 76.9 Å². The molecular weight excluding hydrogens is 480 g/mol. The highest BCUT2D eigenvalue weighted by molar-refractivity contribution is 5.79. The Bertz CT molecular complexity index is 1010. The Morgan fingerprint density at radius 1 is 1.18 bits per heavy atom. The van der Waals surface area contributed by atoms with Crippen LogP contribution in [0.2, 0.25) is 0 Å². The van der Waals surface area contributed by atoms with Crippen molar-refractivity contribution >= 4 is 17.7 Å². The molecule has 9 nitrogen and oxygen atoms in total. The number of nitrogens with zero attached hydrogens (tertiary/aromatic N) is 4. The van der Waals surface area contributed by atoms with Gasteiger partial charge in [-0.1, -0.05) is 6.07 Å². The molecule has 2 N–H and O–H groups in total. The molecule has 38 heavy (non-hydrogen) atoms. The van der Waals surface area contributed by atoms with E-state index in [1.807, 2.05) is 27.7 Å². The second-order valence-corrected chi connectivity index (χ2v) is 11.2. The molecule has 2 aromatic rings. The van der Waals surface area contributed by atoms with E-state index < -0.39 is 11.6 Å². The number of esters is 1. The minimum Gasteiger partial charge on any atom is -0.458 e. The number of fused-ring (bicyclic) bond motifs is 1. The number of carbonyl (C=O) groups is 1. The normalized spacial score (nSPS) is 14.9. The maximum atomic E-state index is 13.0. The van der Waals surface area contributed by atoms with Crippen molar-refractivity contribution in [3.8, 4) is 0 Å². The first-order chi connectivity index (χ1) is 18.1. The van der Waals surface area contributed by atoms with Crippen LogP contribution in [0.3, 0.4) is 0 Å². The number of carbonyl (C=O) groups excluding carboxylic acids is 1. The van der Waals surface area contributed by atoms with Crippen molar-refractivity contribution in [2.75, 3.05) is 43.9 Å². The zero-order chi connectivity index (χ0) is 27.5. The molecular formula is C29H46N6O3. The second-order valence-electron chi connectivity index (χ2n) is 11.2. The van der Waals surface area contributed by atoms with Gasteiger partial charge in [-0.25, -0.2) is 19.7 Å². The summed E-state index contributed by atoms with van der Waals surface area (Å²) in [7, 11) is 1.73. The van der Waals surface area contributed by atoms with Gasteiger partial charge in [0.25, 0.3) is 0 Å². The topological polar surface area (TPSA) is 102 Å². The molecule has 0 bridgehead atoms.